The van der Waals surface area contributed by atoms with Crippen LogP contribution in [0.25, 0.3) is 0 Å². The van der Waals surface area contributed by atoms with Gasteiger partial charge in [-0.25, -0.2) is 0 Å². The van der Waals surface area contributed by atoms with Crippen LogP contribution in [-0.4, -0.2) is 46.1 Å². The third kappa shape index (κ3) is 30.4. The van der Waals surface area contributed by atoms with Crippen molar-refractivity contribution in [2.24, 2.45) is 0 Å². The summed E-state index contributed by atoms with van der Waals surface area (Å²) in [6.07, 6.45) is 10.1. The Hall–Kier alpha value is -2.54. The van der Waals surface area contributed by atoms with E-state index in [0.717, 1.165) is 32.3 Å². The minimum atomic E-state index is -0.833. The zero-order valence-corrected chi connectivity index (χ0v) is 18.2. The normalized spacial score (nSPS) is 8.72. The monoisotopic (exact) mass is 414 g/mol. The molecule has 1 aromatic rings. The van der Waals surface area contributed by atoms with Gasteiger partial charge >= 0.3 is 0 Å². The highest BCUT2D eigenvalue weighted by Crippen LogP contribution is 2.26. The summed E-state index contributed by atoms with van der Waals surface area (Å²) < 4.78 is 4.95. The zero-order chi connectivity index (χ0) is 23.1. The van der Waals surface area contributed by atoms with Crippen LogP contribution < -0.4 is 4.74 Å². The van der Waals surface area contributed by atoms with Crippen LogP contribution in [0.2, 0.25) is 0 Å². The molecular weight excluding hydrogens is 376 g/mol. The first-order valence-electron chi connectivity index (χ1n) is 9.62. The number of aliphatic hydroxyl groups excluding tert-OH is 1. The molecule has 0 aliphatic heterocycles. The van der Waals surface area contributed by atoms with Crippen LogP contribution in [0.1, 0.15) is 64.9 Å². The Bertz CT molecular complexity index is 516. The zero-order valence-electron chi connectivity index (χ0n) is 18.2. The van der Waals surface area contributed by atoms with Crippen LogP contribution in [-0.2, 0) is 16.0 Å². The van der Waals surface area contributed by atoms with Crippen molar-refractivity contribution in [2.45, 2.75) is 65.7 Å². The molecule has 4 N–H and O–H groups in total. The average Bonchev–Trinajstić information content (AvgIpc) is 2.63. The maximum Gasteiger partial charge on any atom is 0.300 e. The Morgan fingerprint density at radius 3 is 1.93 bits per heavy atom. The summed E-state index contributed by atoms with van der Waals surface area (Å²) in [5.74, 6) is -0.986. The molecule has 0 atom stereocenters. The van der Waals surface area contributed by atoms with E-state index < -0.39 is 11.9 Å². The number of hydrogen-bond donors (Lipinski definition) is 4. The Morgan fingerprint density at radius 1 is 1.03 bits per heavy atom. The Balaban J connectivity index is -0.000000350. The molecule has 29 heavy (non-hydrogen) atoms. The van der Waals surface area contributed by atoms with Gasteiger partial charge in [-0.3, -0.25) is 9.59 Å². The van der Waals surface area contributed by atoms with Crippen molar-refractivity contribution < 1.29 is 34.8 Å². The lowest BCUT2D eigenvalue weighted by molar-refractivity contribution is -0.135. The largest absolute Gasteiger partial charge is 0.504 e. The Kier molecular flexibility index (Phi) is 25.3. The Labute approximate surface area is 174 Å². The van der Waals surface area contributed by atoms with Gasteiger partial charge in [-0.1, -0.05) is 51.2 Å². The van der Waals surface area contributed by atoms with E-state index >= 15 is 0 Å². The number of carboxylic acids is 2. The highest BCUT2D eigenvalue weighted by atomic mass is 16.5. The molecule has 0 saturated carbocycles. The number of phenols is 1. The number of hydrogen-bond acceptors (Lipinski definition) is 5. The molecule has 0 radical (unpaired) electrons. The molecule has 7 nitrogen and oxygen atoms in total. The number of aromatic hydroxyl groups is 1. The van der Waals surface area contributed by atoms with Crippen molar-refractivity contribution in [2.75, 3.05) is 13.7 Å². The minimum absolute atomic E-state index is 0.172. The van der Waals surface area contributed by atoms with Crippen LogP contribution in [0.3, 0.4) is 0 Å². The number of methoxy groups -OCH3 is 1. The molecule has 168 valence electrons. The van der Waals surface area contributed by atoms with Gasteiger partial charge in [0.1, 0.15) is 0 Å². The van der Waals surface area contributed by atoms with Gasteiger partial charge in [-0.15, -0.1) is 6.58 Å². The van der Waals surface area contributed by atoms with Crippen LogP contribution >= 0.6 is 0 Å². The molecule has 0 heterocycles. The molecule has 1 aromatic carbocycles. The number of unbranched alkanes of at least 4 members (excludes halogenated alkanes) is 5. The number of carboxylic acid groups (broad SMARTS) is 2. The average molecular weight is 415 g/mol. The molecule has 0 unspecified atom stereocenters. The van der Waals surface area contributed by atoms with E-state index in [2.05, 4.69) is 13.5 Å². The van der Waals surface area contributed by atoms with E-state index in [1.54, 1.807) is 12.1 Å². The number of aliphatic hydroxyl groups is 1. The van der Waals surface area contributed by atoms with Crippen LogP contribution in [0.4, 0.5) is 0 Å². The van der Waals surface area contributed by atoms with E-state index in [1.807, 2.05) is 12.1 Å². The van der Waals surface area contributed by atoms with Gasteiger partial charge < -0.3 is 25.2 Å². The van der Waals surface area contributed by atoms with Gasteiger partial charge in [0.2, 0.25) is 0 Å². The fourth-order valence-corrected chi connectivity index (χ4v) is 1.91. The lowest BCUT2D eigenvalue weighted by Gasteiger charge is -2.04. The molecule has 0 saturated heterocycles. The number of rotatable bonds is 9. The topological polar surface area (TPSA) is 124 Å². The number of aliphatic carboxylic acids is 2. The van der Waals surface area contributed by atoms with Crippen molar-refractivity contribution in [1.29, 1.82) is 0 Å². The molecule has 0 fully saturated rings. The van der Waals surface area contributed by atoms with E-state index in [4.69, 9.17) is 29.6 Å². The fraction of sp³-hybridized carbons (Fsp3) is 0.545. The SMILES string of the molecule is C=CCc1ccc(O)c(OC)c1.CC(=O)O.CC(=O)O.CCCCCCCCO. The van der Waals surface area contributed by atoms with E-state index in [-0.39, 0.29) is 5.75 Å². The highest BCUT2D eigenvalue weighted by Gasteiger charge is 2.00. The second-order valence-electron chi connectivity index (χ2n) is 6.03. The van der Waals surface area contributed by atoms with Crippen molar-refractivity contribution >= 4 is 11.9 Å². The summed E-state index contributed by atoms with van der Waals surface area (Å²) in [4.78, 5) is 18.0. The van der Waals surface area contributed by atoms with Crippen LogP contribution in [0, 0.1) is 0 Å². The number of ether oxygens (including phenoxy) is 1. The predicted molar refractivity (Wildman–Crippen MR) is 116 cm³/mol. The van der Waals surface area contributed by atoms with Gasteiger partial charge in [-0.2, -0.15) is 0 Å². The van der Waals surface area contributed by atoms with Crippen LogP contribution in [0.15, 0.2) is 30.9 Å². The lowest BCUT2D eigenvalue weighted by atomic mass is 10.1. The molecule has 0 aliphatic rings. The summed E-state index contributed by atoms with van der Waals surface area (Å²) in [7, 11) is 1.53. The molecule has 0 aromatic heterocycles. The van der Waals surface area contributed by atoms with Crippen molar-refractivity contribution in [3.63, 3.8) is 0 Å². The maximum absolute atomic E-state index is 9.25. The predicted octanol–water partition coefficient (Wildman–Crippen LogP) is 4.65. The van der Waals surface area contributed by atoms with Gasteiger partial charge in [0, 0.05) is 20.5 Å². The highest BCUT2D eigenvalue weighted by molar-refractivity contribution is 5.63. The maximum atomic E-state index is 9.25. The molecule has 0 amide bonds. The standard InChI is InChI=1S/C10H12O2.C8H18O.2C2H4O2/c1-3-4-8-5-6-9(11)10(7-8)12-2;1-2-3-4-5-6-7-8-9;2*1-2(3)4/h3,5-7,11H,1,4H2,2H3;9H,2-8H2,1H3;2*1H3,(H,3,4). The smallest absolute Gasteiger partial charge is 0.300 e. The summed E-state index contributed by atoms with van der Waals surface area (Å²) in [5.41, 5.74) is 1.08. The fourth-order valence-electron chi connectivity index (χ4n) is 1.91. The second kappa shape index (κ2) is 23.5. The van der Waals surface area contributed by atoms with Gasteiger partial charge in [-0.05, 0) is 30.5 Å². The second-order valence-corrected chi connectivity index (χ2v) is 6.03. The molecule has 1 rings (SSSR count). The van der Waals surface area contributed by atoms with E-state index in [9.17, 15) is 5.11 Å². The molecule has 0 spiro atoms. The molecular formula is C22H38O7. The summed E-state index contributed by atoms with van der Waals surface area (Å²) in [6, 6.07) is 5.27. The quantitative estimate of drug-likeness (QED) is 0.342. The number of allylic oxidation sites excluding steroid dienone is 1. The lowest BCUT2D eigenvalue weighted by Crippen LogP contribution is -1.86. The Morgan fingerprint density at radius 2 is 1.52 bits per heavy atom. The molecule has 0 aliphatic carbocycles. The van der Waals surface area contributed by atoms with Gasteiger partial charge in [0.05, 0.1) is 7.11 Å². The van der Waals surface area contributed by atoms with Crippen molar-refractivity contribution in [1.82, 2.24) is 0 Å². The summed E-state index contributed by atoms with van der Waals surface area (Å²) in [6.45, 7) is 8.38. The summed E-state index contributed by atoms with van der Waals surface area (Å²) >= 11 is 0. The van der Waals surface area contributed by atoms with Crippen LogP contribution in [0.5, 0.6) is 11.5 Å². The van der Waals surface area contributed by atoms with Crippen molar-refractivity contribution in [3.05, 3.63) is 36.4 Å². The third-order valence-electron chi connectivity index (χ3n) is 3.14. The number of phenolic OH excluding ortho intramolecular Hbond substituents is 1. The minimum Gasteiger partial charge on any atom is -0.504 e. The first kappa shape index (κ1) is 31.2. The first-order chi connectivity index (χ1) is 13.7. The molecule has 0 bridgehead atoms. The van der Waals surface area contributed by atoms with Gasteiger partial charge in [0.25, 0.3) is 11.9 Å². The van der Waals surface area contributed by atoms with E-state index in [0.29, 0.717) is 12.4 Å². The third-order valence-corrected chi connectivity index (χ3v) is 3.14. The first-order valence-corrected chi connectivity index (χ1v) is 9.62. The number of carbonyl (C=O) groups is 2. The molecule has 7 heteroatoms. The number of benzene rings is 1. The van der Waals surface area contributed by atoms with Gasteiger partial charge in [0.15, 0.2) is 11.5 Å². The van der Waals surface area contributed by atoms with Crippen molar-refractivity contribution in [3.8, 4) is 11.5 Å². The summed E-state index contributed by atoms with van der Waals surface area (Å²) in [5, 5.41) is 32.5. The van der Waals surface area contributed by atoms with E-state index in [1.165, 1.54) is 39.2 Å².